The summed E-state index contributed by atoms with van der Waals surface area (Å²) < 4.78 is 0. The van der Waals surface area contributed by atoms with Crippen LogP contribution in [-0.4, -0.2) is 33.8 Å². The number of carbonyl (C=O) groups is 1. The number of pyridine rings is 1. The summed E-state index contributed by atoms with van der Waals surface area (Å²) in [7, 11) is 0. The molecule has 1 unspecified atom stereocenters. The van der Waals surface area contributed by atoms with Crippen molar-refractivity contribution in [2.24, 2.45) is 0 Å². The smallest absolute Gasteiger partial charge is 0.293 e. The van der Waals surface area contributed by atoms with Gasteiger partial charge in [0.1, 0.15) is 5.69 Å². The Kier molecular flexibility index (Phi) is 7.32. The summed E-state index contributed by atoms with van der Waals surface area (Å²) in [4.78, 5) is 30.2. The van der Waals surface area contributed by atoms with Crippen LogP contribution in [0.5, 0.6) is 0 Å². The number of hydrogen-bond acceptors (Lipinski definition) is 5. The summed E-state index contributed by atoms with van der Waals surface area (Å²) >= 11 is 0. The lowest BCUT2D eigenvalue weighted by atomic mass is 10.1. The van der Waals surface area contributed by atoms with Gasteiger partial charge in [-0.15, -0.1) is 0 Å². The molecule has 0 bridgehead atoms. The number of likely N-dealkylation sites (N-methyl/N-ethyl adjacent to an activating group) is 1. The molecule has 1 aromatic heterocycles. The molecule has 3 aromatic rings. The molecule has 2 aromatic carbocycles. The topological polar surface area (TPSA) is 88.4 Å². The molecule has 0 aliphatic heterocycles. The fraction of sp³-hybridized carbons (Fsp3) is 0.250. The standard InChI is InChI=1S/C24H26N4O3/c1-3-27(16-14-19-9-5-4-6-10-19)24(29)20-12-13-22(23(17-20)28(30)31)26-18(2)21-11-7-8-15-25-21/h4-13,15,17-18,26H,3,14,16H2,1-2H3. The highest BCUT2D eigenvalue weighted by Crippen LogP contribution is 2.29. The van der Waals surface area contributed by atoms with Crippen LogP contribution in [0.4, 0.5) is 11.4 Å². The average molecular weight is 418 g/mol. The van der Waals surface area contributed by atoms with E-state index in [1.807, 2.05) is 62.4 Å². The number of nitro benzene ring substituents is 1. The number of rotatable bonds is 9. The molecule has 0 saturated heterocycles. The number of benzene rings is 2. The second-order valence-electron chi connectivity index (χ2n) is 7.23. The summed E-state index contributed by atoms with van der Waals surface area (Å²) in [6.07, 6.45) is 2.40. The predicted molar refractivity (Wildman–Crippen MR) is 121 cm³/mol. The maximum Gasteiger partial charge on any atom is 0.293 e. The van der Waals surface area contributed by atoms with Crippen LogP contribution >= 0.6 is 0 Å². The largest absolute Gasteiger partial charge is 0.371 e. The zero-order chi connectivity index (χ0) is 22.2. The number of nitrogens with one attached hydrogen (secondary N) is 1. The van der Waals surface area contributed by atoms with E-state index in [1.54, 1.807) is 23.2 Å². The van der Waals surface area contributed by atoms with Gasteiger partial charge >= 0.3 is 0 Å². The number of nitrogens with zero attached hydrogens (tertiary/aromatic N) is 3. The fourth-order valence-corrected chi connectivity index (χ4v) is 3.37. The van der Waals surface area contributed by atoms with Crippen LogP contribution in [0.1, 0.15) is 41.5 Å². The predicted octanol–water partition coefficient (Wildman–Crippen LogP) is 4.87. The first-order valence-corrected chi connectivity index (χ1v) is 10.3. The van der Waals surface area contributed by atoms with E-state index in [1.165, 1.54) is 6.07 Å². The van der Waals surface area contributed by atoms with Crippen molar-refractivity contribution in [3.8, 4) is 0 Å². The zero-order valence-electron chi connectivity index (χ0n) is 17.7. The summed E-state index contributed by atoms with van der Waals surface area (Å²) in [5, 5.41) is 14.8. The monoisotopic (exact) mass is 418 g/mol. The molecule has 7 heteroatoms. The molecule has 1 atom stereocenters. The molecule has 160 valence electrons. The molecule has 0 saturated carbocycles. The lowest BCUT2D eigenvalue weighted by molar-refractivity contribution is -0.384. The Hall–Kier alpha value is -3.74. The third kappa shape index (κ3) is 5.66. The molecule has 1 heterocycles. The van der Waals surface area contributed by atoms with E-state index in [0.717, 1.165) is 17.7 Å². The Morgan fingerprint density at radius 3 is 2.52 bits per heavy atom. The summed E-state index contributed by atoms with van der Waals surface area (Å²) in [6.45, 7) is 4.86. The van der Waals surface area contributed by atoms with Gasteiger partial charge in [0.05, 0.1) is 16.7 Å². The number of carbonyl (C=O) groups excluding carboxylic acids is 1. The van der Waals surface area contributed by atoms with Gasteiger partial charge in [0, 0.05) is 30.9 Å². The molecule has 0 aliphatic rings. The van der Waals surface area contributed by atoms with Crippen LogP contribution in [0, 0.1) is 10.1 Å². The third-order valence-electron chi connectivity index (χ3n) is 5.13. The van der Waals surface area contributed by atoms with Gasteiger partial charge < -0.3 is 10.2 Å². The van der Waals surface area contributed by atoms with Gasteiger partial charge in [0.2, 0.25) is 0 Å². The zero-order valence-corrected chi connectivity index (χ0v) is 17.7. The van der Waals surface area contributed by atoms with Crippen molar-refractivity contribution < 1.29 is 9.72 Å². The quantitative estimate of drug-likeness (QED) is 0.396. The molecule has 1 amide bonds. The van der Waals surface area contributed by atoms with Crippen molar-refractivity contribution in [1.29, 1.82) is 0 Å². The number of anilines is 1. The number of hydrogen-bond donors (Lipinski definition) is 1. The van der Waals surface area contributed by atoms with Crippen LogP contribution in [0.2, 0.25) is 0 Å². The van der Waals surface area contributed by atoms with Gasteiger partial charge in [-0.05, 0) is 50.1 Å². The Morgan fingerprint density at radius 2 is 1.87 bits per heavy atom. The van der Waals surface area contributed by atoms with Crippen molar-refractivity contribution in [2.75, 3.05) is 18.4 Å². The molecular weight excluding hydrogens is 392 g/mol. The highest BCUT2D eigenvalue weighted by Gasteiger charge is 2.22. The van der Waals surface area contributed by atoms with Crippen molar-refractivity contribution >= 4 is 17.3 Å². The fourth-order valence-electron chi connectivity index (χ4n) is 3.37. The first-order chi connectivity index (χ1) is 15.0. The molecule has 0 aliphatic carbocycles. The van der Waals surface area contributed by atoms with Gasteiger partial charge in [-0.25, -0.2) is 0 Å². The minimum Gasteiger partial charge on any atom is -0.371 e. The van der Waals surface area contributed by atoms with Crippen molar-refractivity contribution in [3.05, 3.63) is 99.9 Å². The molecule has 0 radical (unpaired) electrons. The average Bonchev–Trinajstić information content (AvgIpc) is 2.80. The van der Waals surface area contributed by atoms with E-state index < -0.39 is 4.92 Å². The van der Waals surface area contributed by atoms with Crippen molar-refractivity contribution in [3.63, 3.8) is 0 Å². The van der Waals surface area contributed by atoms with E-state index in [0.29, 0.717) is 24.3 Å². The maximum absolute atomic E-state index is 13.0. The number of aromatic nitrogens is 1. The first kappa shape index (κ1) is 22.0. The SMILES string of the molecule is CCN(CCc1ccccc1)C(=O)c1ccc(NC(C)c2ccccn2)c([N+](=O)[O-])c1. The van der Waals surface area contributed by atoms with Gasteiger partial charge in [0.25, 0.3) is 11.6 Å². The Labute approximate surface area is 181 Å². The van der Waals surface area contributed by atoms with Crippen LogP contribution < -0.4 is 5.32 Å². The Morgan fingerprint density at radius 1 is 1.13 bits per heavy atom. The van der Waals surface area contributed by atoms with E-state index >= 15 is 0 Å². The van der Waals surface area contributed by atoms with Crippen molar-refractivity contribution in [1.82, 2.24) is 9.88 Å². The summed E-state index contributed by atoms with van der Waals surface area (Å²) in [6, 6.07) is 19.8. The van der Waals surface area contributed by atoms with Crippen LogP contribution in [0.3, 0.4) is 0 Å². The first-order valence-electron chi connectivity index (χ1n) is 10.3. The van der Waals surface area contributed by atoms with E-state index in [4.69, 9.17) is 0 Å². The van der Waals surface area contributed by atoms with E-state index in [9.17, 15) is 14.9 Å². The Balaban J connectivity index is 1.77. The highest BCUT2D eigenvalue weighted by molar-refractivity contribution is 5.95. The van der Waals surface area contributed by atoms with Crippen LogP contribution in [0.15, 0.2) is 72.9 Å². The minimum atomic E-state index is -0.468. The third-order valence-corrected chi connectivity index (χ3v) is 5.13. The molecule has 31 heavy (non-hydrogen) atoms. The van der Waals surface area contributed by atoms with E-state index in [-0.39, 0.29) is 17.6 Å². The van der Waals surface area contributed by atoms with Crippen molar-refractivity contribution in [2.45, 2.75) is 26.3 Å². The van der Waals surface area contributed by atoms with Gasteiger partial charge in [-0.2, -0.15) is 0 Å². The Bertz CT molecular complexity index is 1030. The number of amides is 1. The molecule has 7 nitrogen and oxygen atoms in total. The highest BCUT2D eigenvalue weighted by atomic mass is 16.6. The van der Waals surface area contributed by atoms with Gasteiger partial charge in [-0.1, -0.05) is 36.4 Å². The lowest BCUT2D eigenvalue weighted by Gasteiger charge is -2.21. The molecule has 1 N–H and O–H groups in total. The molecular formula is C24H26N4O3. The second kappa shape index (κ2) is 10.3. The normalized spacial score (nSPS) is 11.5. The van der Waals surface area contributed by atoms with Gasteiger partial charge in [-0.3, -0.25) is 19.9 Å². The minimum absolute atomic E-state index is 0.132. The summed E-state index contributed by atoms with van der Waals surface area (Å²) in [5.41, 5.74) is 2.44. The second-order valence-corrected chi connectivity index (χ2v) is 7.23. The van der Waals surface area contributed by atoms with Gasteiger partial charge in [0.15, 0.2) is 0 Å². The molecule has 0 spiro atoms. The number of nitro groups is 1. The maximum atomic E-state index is 13.0. The molecule has 3 rings (SSSR count). The molecule has 0 fully saturated rings. The summed E-state index contributed by atoms with van der Waals surface area (Å²) in [5.74, 6) is -0.217. The van der Waals surface area contributed by atoms with Crippen LogP contribution in [0.25, 0.3) is 0 Å². The van der Waals surface area contributed by atoms with E-state index in [2.05, 4.69) is 10.3 Å². The lowest BCUT2D eigenvalue weighted by Crippen LogP contribution is -2.32. The van der Waals surface area contributed by atoms with Crippen LogP contribution in [-0.2, 0) is 6.42 Å².